The zero-order chi connectivity index (χ0) is 30.0. The molecule has 1 unspecified atom stereocenters. The Balaban J connectivity index is 1.41. The number of carbonyl (C=O) groups is 2. The van der Waals surface area contributed by atoms with E-state index in [0.29, 0.717) is 35.2 Å². The molecule has 13 nitrogen and oxygen atoms in total. The van der Waals surface area contributed by atoms with Crippen molar-refractivity contribution in [2.24, 2.45) is 11.0 Å². The van der Waals surface area contributed by atoms with Crippen LogP contribution in [0.3, 0.4) is 0 Å². The number of hydrazone groups is 1. The molecule has 0 radical (unpaired) electrons. The van der Waals surface area contributed by atoms with Crippen molar-refractivity contribution in [1.82, 2.24) is 14.8 Å². The first kappa shape index (κ1) is 28.0. The van der Waals surface area contributed by atoms with Crippen molar-refractivity contribution in [3.05, 3.63) is 88.2 Å². The van der Waals surface area contributed by atoms with Crippen LogP contribution in [0.4, 0.5) is 11.4 Å². The molecule has 214 valence electrons. The van der Waals surface area contributed by atoms with Gasteiger partial charge in [0, 0.05) is 12.1 Å². The third-order valence-electron chi connectivity index (χ3n) is 6.74. The molecule has 42 heavy (non-hydrogen) atoms. The number of methoxy groups -OCH3 is 2. The molecule has 0 aliphatic carbocycles. The first-order valence-corrected chi connectivity index (χ1v) is 12.8. The number of aromatic nitrogens is 3. The number of anilines is 1. The Bertz CT molecular complexity index is 1700. The summed E-state index contributed by atoms with van der Waals surface area (Å²) in [5.41, 5.74) is 2.04. The van der Waals surface area contributed by atoms with Gasteiger partial charge in [-0.05, 0) is 61.9 Å². The Labute approximate surface area is 240 Å². The maximum atomic E-state index is 13.4. The summed E-state index contributed by atoms with van der Waals surface area (Å²) in [5, 5.41) is 25.0. The normalized spacial score (nSPS) is 14.5. The van der Waals surface area contributed by atoms with E-state index in [2.05, 4.69) is 15.3 Å². The lowest BCUT2D eigenvalue weighted by Gasteiger charge is -2.17. The third-order valence-corrected chi connectivity index (χ3v) is 6.74. The summed E-state index contributed by atoms with van der Waals surface area (Å²) in [6.45, 7) is 3.87. The van der Waals surface area contributed by atoms with Crippen molar-refractivity contribution in [2.75, 3.05) is 19.2 Å². The summed E-state index contributed by atoms with van der Waals surface area (Å²) in [7, 11) is 3.14. The Hall–Kier alpha value is -5.59. The maximum absolute atomic E-state index is 13.4. The number of ether oxygens (including phenoxy) is 3. The van der Waals surface area contributed by atoms with Gasteiger partial charge in [0.1, 0.15) is 23.1 Å². The second-order valence-electron chi connectivity index (χ2n) is 9.39. The van der Waals surface area contributed by atoms with Crippen molar-refractivity contribution < 1.29 is 28.7 Å². The number of nitrogens with zero attached hydrogens (tertiary/aromatic N) is 6. The zero-order valence-corrected chi connectivity index (χ0v) is 23.2. The van der Waals surface area contributed by atoms with Gasteiger partial charge < -0.3 is 18.8 Å². The number of non-ortho nitro benzene ring substituents is 1. The number of hydrogen-bond donors (Lipinski definition) is 0. The highest BCUT2D eigenvalue weighted by atomic mass is 16.6. The summed E-state index contributed by atoms with van der Waals surface area (Å²) < 4.78 is 18.1. The fourth-order valence-corrected chi connectivity index (χ4v) is 4.52. The van der Waals surface area contributed by atoms with Gasteiger partial charge in [0.2, 0.25) is 0 Å². The molecular weight excluding hydrogens is 544 g/mol. The van der Waals surface area contributed by atoms with Gasteiger partial charge in [0.05, 0.1) is 42.7 Å². The maximum Gasteiger partial charge on any atom is 0.329 e. The standard InChI is InChI=1S/C29H26N6O7/c1-17-26(29(37)42-23-12-7-20(8-13-23)35(38)39)28(36)34(32-17)21-9-14-25(41-4)24(15-21)27-31-30-18(2)33(27)16-19-5-10-22(40-3)11-6-19/h5-15,26H,16H2,1-4H3. The van der Waals surface area contributed by atoms with Crippen molar-refractivity contribution in [3.8, 4) is 28.6 Å². The molecule has 1 amide bonds. The Morgan fingerprint density at radius 2 is 1.64 bits per heavy atom. The molecule has 0 saturated heterocycles. The van der Waals surface area contributed by atoms with Gasteiger partial charge in [0.25, 0.3) is 11.6 Å². The SMILES string of the molecule is COc1ccc(Cn2c(C)nnc2-c2cc(N3N=C(C)C(C(=O)Oc4ccc([N+](=O)[O-])cc4)C3=O)ccc2OC)cc1. The lowest BCUT2D eigenvalue weighted by atomic mass is 10.0. The van der Waals surface area contributed by atoms with Gasteiger partial charge in [0.15, 0.2) is 11.7 Å². The van der Waals surface area contributed by atoms with Crippen LogP contribution in [0.15, 0.2) is 71.8 Å². The molecule has 4 aromatic rings. The highest BCUT2D eigenvalue weighted by Gasteiger charge is 2.41. The quantitative estimate of drug-likeness (QED) is 0.0949. The number of benzene rings is 3. The van der Waals surface area contributed by atoms with E-state index in [1.165, 1.54) is 31.4 Å². The van der Waals surface area contributed by atoms with Gasteiger partial charge >= 0.3 is 5.97 Å². The average Bonchev–Trinajstić information content (AvgIpc) is 3.50. The summed E-state index contributed by atoms with van der Waals surface area (Å²) in [5.74, 6) is -0.224. The molecule has 0 spiro atoms. The molecule has 0 N–H and O–H groups in total. The van der Waals surface area contributed by atoms with E-state index >= 15 is 0 Å². The van der Waals surface area contributed by atoms with Gasteiger partial charge in [-0.25, -0.2) is 0 Å². The lowest BCUT2D eigenvalue weighted by Crippen LogP contribution is -2.35. The van der Waals surface area contributed by atoms with Gasteiger partial charge in [-0.15, -0.1) is 10.2 Å². The van der Waals surface area contributed by atoms with E-state index in [1.54, 1.807) is 32.2 Å². The topological polar surface area (TPSA) is 151 Å². The van der Waals surface area contributed by atoms with Crippen LogP contribution in [0.25, 0.3) is 11.4 Å². The van der Waals surface area contributed by atoms with Crippen molar-refractivity contribution in [1.29, 1.82) is 0 Å². The van der Waals surface area contributed by atoms with Crippen LogP contribution in [-0.2, 0) is 16.1 Å². The minimum Gasteiger partial charge on any atom is -0.497 e. The molecule has 5 rings (SSSR count). The number of esters is 1. The van der Waals surface area contributed by atoms with Crippen LogP contribution in [0, 0.1) is 23.0 Å². The molecule has 1 aliphatic heterocycles. The number of rotatable bonds is 9. The predicted octanol–water partition coefficient (Wildman–Crippen LogP) is 4.17. The average molecular weight is 571 g/mol. The first-order valence-electron chi connectivity index (χ1n) is 12.8. The predicted molar refractivity (Wildman–Crippen MR) is 152 cm³/mol. The van der Waals surface area contributed by atoms with Crippen LogP contribution >= 0.6 is 0 Å². The highest BCUT2D eigenvalue weighted by molar-refractivity contribution is 6.25. The molecule has 0 saturated carbocycles. The van der Waals surface area contributed by atoms with E-state index in [9.17, 15) is 19.7 Å². The molecule has 0 fully saturated rings. The molecule has 1 aliphatic rings. The summed E-state index contributed by atoms with van der Waals surface area (Å²) in [4.78, 5) is 36.7. The van der Waals surface area contributed by atoms with Gasteiger partial charge in [-0.3, -0.25) is 19.7 Å². The fraction of sp³-hybridized carbons (Fsp3) is 0.207. The molecule has 1 atom stereocenters. The number of hydrogen-bond acceptors (Lipinski definition) is 10. The minimum absolute atomic E-state index is 0.0722. The van der Waals surface area contributed by atoms with Crippen LogP contribution in [0.1, 0.15) is 18.3 Å². The van der Waals surface area contributed by atoms with Crippen LogP contribution in [0.5, 0.6) is 17.2 Å². The number of aryl methyl sites for hydroxylation is 1. The molecule has 1 aromatic heterocycles. The van der Waals surface area contributed by atoms with Crippen LogP contribution < -0.4 is 19.2 Å². The van der Waals surface area contributed by atoms with Crippen LogP contribution in [-0.4, -0.2) is 51.5 Å². The summed E-state index contributed by atoms with van der Waals surface area (Å²) in [6, 6.07) is 17.7. The molecular formula is C29H26N6O7. The van der Waals surface area contributed by atoms with Gasteiger partial charge in [-0.1, -0.05) is 12.1 Å². The summed E-state index contributed by atoms with van der Waals surface area (Å²) in [6.07, 6.45) is 0. The van der Waals surface area contributed by atoms with E-state index < -0.39 is 22.7 Å². The Morgan fingerprint density at radius 3 is 2.29 bits per heavy atom. The van der Waals surface area contributed by atoms with E-state index in [-0.39, 0.29) is 17.1 Å². The second kappa shape index (κ2) is 11.5. The highest BCUT2D eigenvalue weighted by Crippen LogP contribution is 2.35. The number of amides is 1. The van der Waals surface area contributed by atoms with Crippen LogP contribution in [0.2, 0.25) is 0 Å². The number of nitro benzene ring substituents is 1. The largest absolute Gasteiger partial charge is 0.497 e. The van der Waals surface area contributed by atoms with Gasteiger partial charge in [-0.2, -0.15) is 10.1 Å². The number of nitro groups is 1. The molecule has 2 heterocycles. The monoisotopic (exact) mass is 570 g/mol. The van der Waals surface area contributed by atoms with Crippen molar-refractivity contribution >= 4 is 29.0 Å². The zero-order valence-electron chi connectivity index (χ0n) is 23.2. The third kappa shape index (κ3) is 5.39. The minimum atomic E-state index is -1.29. The fourth-order valence-electron chi connectivity index (χ4n) is 4.52. The van der Waals surface area contributed by atoms with E-state index in [0.717, 1.165) is 16.3 Å². The smallest absolute Gasteiger partial charge is 0.329 e. The van der Waals surface area contributed by atoms with E-state index in [4.69, 9.17) is 14.2 Å². The van der Waals surface area contributed by atoms with Crippen molar-refractivity contribution in [2.45, 2.75) is 20.4 Å². The Kier molecular flexibility index (Phi) is 7.65. The lowest BCUT2D eigenvalue weighted by molar-refractivity contribution is -0.384. The second-order valence-corrected chi connectivity index (χ2v) is 9.39. The van der Waals surface area contributed by atoms with E-state index in [1.807, 2.05) is 35.8 Å². The molecule has 3 aromatic carbocycles. The molecule has 0 bridgehead atoms. The van der Waals surface area contributed by atoms with Crippen molar-refractivity contribution in [3.63, 3.8) is 0 Å². The Morgan fingerprint density at radius 1 is 0.952 bits per heavy atom. The molecule has 13 heteroatoms. The summed E-state index contributed by atoms with van der Waals surface area (Å²) >= 11 is 0. The first-order chi connectivity index (χ1) is 20.2. The number of carbonyl (C=O) groups excluding carboxylic acids is 2.